The number of nitrogens with zero attached hydrogens (tertiary/aromatic N) is 1. The summed E-state index contributed by atoms with van der Waals surface area (Å²) in [6, 6.07) is 20.4. The third-order valence-electron chi connectivity index (χ3n) is 4.36. The number of anilines is 1. The van der Waals surface area contributed by atoms with E-state index >= 15 is 0 Å². The fourth-order valence-corrected chi connectivity index (χ4v) is 2.95. The van der Waals surface area contributed by atoms with E-state index in [0.29, 0.717) is 17.7 Å². The van der Waals surface area contributed by atoms with E-state index in [-0.39, 0.29) is 17.7 Å². The van der Waals surface area contributed by atoms with Crippen LogP contribution in [-0.4, -0.2) is 23.8 Å². The number of carbonyl (C=O) groups excluding carboxylic acids is 2. The molecule has 0 saturated heterocycles. The first-order valence-corrected chi connectivity index (χ1v) is 8.75. The smallest absolute Gasteiger partial charge is 0.253 e. The maximum absolute atomic E-state index is 13.1. The molecule has 1 heterocycles. The summed E-state index contributed by atoms with van der Waals surface area (Å²) < 4.78 is 0. The minimum Gasteiger partial charge on any atom is -0.355 e. The molecule has 2 N–H and O–H groups in total. The molecule has 0 fully saturated rings. The second-order valence-corrected chi connectivity index (χ2v) is 6.14. The molecule has 0 aliphatic rings. The van der Waals surface area contributed by atoms with Gasteiger partial charge >= 0.3 is 0 Å². The second kappa shape index (κ2) is 8.76. The third kappa shape index (κ3) is 4.58. The maximum Gasteiger partial charge on any atom is 0.253 e. The summed E-state index contributed by atoms with van der Waals surface area (Å²) in [4.78, 5) is 29.2. The van der Waals surface area contributed by atoms with E-state index in [9.17, 15) is 9.59 Å². The molecular weight excluding hydrogens is 338 g/mol. The monoisotopic (exact) mass is 359 g/mol. The van der Waals surface area contributed by atoms with E-state index < -0.39 is 0 Å². The van der Waals surface area contributed by atoms with Gasteiger partial charge < -0.3 is 10.6 Å². The molecule has 2 aromatic carbocycles. The van der Waals surface area contributed by atoms with E-state index in [2.05, 4.69) is 15.6 Å². The number of hydrogen-bond acceptors (Lipinski definition) is 3. The number of carbonyl (C=O) groups is 2. The minimum absolute atomic E-state index is 0.158. The normalized spacial score (nSPS) is 11.4. The van der Waals surface area contributed by atoms with Crippen LogP contribution >= 0.6 is 0 Å². The average Bonchev–Trinajstić information content (AvgIpc) is 2.73. The highest BCUT2D eigenvalue weighted by Gasteiger charge is 2.22. The van der Waals surface area contributed by atoms with Gasteiger partial charge in [0.25, 0.3) is 5.91 Å². The molecule has 136 valence electrons. The zero-order valence-electron chi connectivity index (χ0n) is 15.1. The highest BCUT2D eigenvalue weighted by atomic mass is 16.2. The van der Waals surface area contributed by atoms with Gasteiger partial charge in [-0.2, -0.15) is 0 Å². The third-order valence-corrected chi connectivity index (χ3v) is 4.36. The summed E-state index contributed by atoms with van der Waals surface area (Å²) in [5, 5.41) is 5.53. The van der Waals surface area contributed by atoms with Crippen LogP contribution in [0.25, 0.3) is 0 Å². The van der Waals surface area contributed by atoms with Crippen LogP contribution in [0.15, 0.2) is 79.1 Å². The summed E-state index contributed by atoms with van der Waals surface area (Å²) in [5.74, 6) is -0.781. The fraction of sp³-hybridized carbons (Fsp3) is 0.136. The molecule has 1 unspecified atom stereocenters. The lowest BCUT2D eigenvalue weighted by molar-refractivity contribution is -0.117. The molecular formula is C22H21N3O2. The van der Waals surface area contributed by atoms with Crippen molar-refractivity contribution in [2.24, 2.45) is 0 Å². The van der Waals surface area contributed by atoms with Crippen molar-refractivity contribution in [3.8, 4) is 0 Å². The molecule has 2 amide bonds. The molecule has 0 spiro atoms. The Hall–Kier alpha value is -3.47. The predicted molar refractivity (Wildman–Crippen MR) is 106 cm³/mol. The van der Waals surface area contributed by atoms with Crippen LogP contribution in [0.3, 0.4) is 0 Å². The van der Waals surface area contributed by atoms with Crippen LogP contribution in [0.4, 0.5) is 5.69 Å². The first-order valence-electron chi connectivity index (χ1n) is 8.75. The standard InChI is InChI=1S/C22H21N3O2/c1-23-21(26)18-9-5-6-10-20(18)25-22(27)19(17-7-3-2-4-8-17)15-16-11-13-24-14-12-16/h2-14,19H,15H2,1H3,(H,23,26)(H,25,27). The van der Waals surface area contributed by atoms with Crippen molar-refractivity contribution in [1.29, 1.82) is 0 Å². The summed E-state index contributed by atoms with van der Waals surface area (Å²) in [7, 11) is 1.57. The Bertz CT molecular complexity index is 911. The van der Waals surface area contributed by atoms with Gasteiger partial charge in [0, 0.05) is 19.4 Å². The largest absolute Gasteiger partial charge is 0.355 e. The molecule has 0 radical (unpaired) electrons. The van der Waals surface area contributed by atoms with Crippen molar-refractivity contribution in [1.82, 2.24) is 10.3 Å². The topological polar surface area (TPSA) is 71.1 Å². The Morgan fingerprint density at radius 1 is 0.926 bits per heavy atom. The molecule has 1 atom stereocenters. The lowest BCUT2D eigenvalue weighted by Crippen LogP contribution is -2.26. The number of pyridine rings is 1. The second-order valence-electron chi connectivity index (χ2n) is 6.14. The highest BCUT2D eigenvalue weighted by molar-refractivity contribution is 6.05. The van der Waals surface area contributed by atoms with Crippen molar-refractivity contribution >= 4 is 17.5 Å². The van der Waals surface area contributed by atoms with Crippen LogP contribution in [0.5, 0.6) is 0 Å². The Morgan fingerprint density at radius 3 is 2.30 bits per heavy atom. The SMILES string of the molecule is CNC(=O)c1ccccc1NC(=O)C(Cc1ccncc1)c1ccccc1. The number of nitrogens with one attached hydrogen (secondary N) is 2. The molecule has 0 aliphatic heterocycles. The summed E-state index contributed by atoms with van der Waals surface area (Å²) in [6.45, 7) is 0. The van der Waals surface area contributed by atoms with E-state index in [1.165, 1.54) is 0 Å². The number of benzene rings is 2. The Morgan fingerprint density at radius 2 is 1.59 bits per heavy atom. The fourth-order valence-electron chi connectivity index (χ4n) is 2.95. The lowest BCUT2D eigenvalue weighted by atomic mass is 9.91. The van der Waals surface area contributed by atoms with E-state index in [4.69, 9.17) is 0 Å². The molecule has 0 bridgehead atoms. The molecule has 1 aromatic heterocycles. The number of rotatable bonds is 6. The summed E-state index contributed by atoms with van der Waals surface area (Å²) in [5.41, 5.74) is 2.87. The van der Waals surface area contributed by atoms with Gasteiger partial charge in [-0.25, -0.2) is 0 Å². The van der Waals surface area contributed by atoms with Gasteiger partial charge in [0.05, 0.1) is 17.2 Å². The van der Waals surface area contributed by atoms with Gasteiger partial charge in [0.2, 0.25) is 5.91 Å². The van der Waals surface area contributed by atoms with Crippen molar-refractivity contribution in [3.63, 3.8) is 0 Å². The maximum atomic E-state index is 13.1. The van der Waals surface area contributed by atoms with E-state index in [1.54, 1.807) is 43.7 Å². The lowest BCUT2D eigenvalue weighted by Gasteiger charge is -2.18. The summed E-state index contributed by atoms with van der Waals surface area (Å²) in [6.07, 6.45) is 3.98. The molecule has 3 rings (SSSR count). The highest BCUT2D eigenvalue weighted by Crippen LogP contribution is 2.24. The predicted octanol–water partition coefficient (Wildman–Crippen LogP) is 3.41. The minimum atomic E-state index is -0.383. The number of aromatic nitrogens is 1. The van der Waals surface area contributed by atoms with Gasteiger partial charge in [0.15, 0.2) is 0 Å². The van der Waals surface area contributed by atoms with Crippen LogP contribution < -0.4 is 10.6 Å². The van der Waals surface area contributed by atoms with Gasteiger partial charge in [-0.3, -0.25) is 14.6 Å². The van der Waals surface area contributed by atoms with Gasteiger partial charge in [0.1, 0.15) is 0 Å². The van der Waals surface area contributed by atoms with Crippen LogP contribution in [0.1, 0.15) is 27.4 Å². The van der Waals surface area contributed by atoms with E-state index in [1.807, 2.05) is 42.5 Å². The van der Waals surface area contributed by atoms with Crippen molar-refractivity contribution in [2.75, 3.05) is 12.4 Å². The number of para-hydroxylation sites is 1. The van der Waals surface area contributed by atoms with Crippen LogP contribution in [-0.2, 0) is 11.2 Å². The summed E-state index contributed by atoms with van der Waals surface area (Å²) >= 11 is 0. The first kappa shape index (κ1) is 18.3. The zero-order valence-corrected chi connectivity index (χ0v) is 15.1. The molecule has 3 aromatic rings. The molecule has 0 saturated carbocycles. The molecule has 0 aliphatic carbocycles. The van der Waals surface area contributed by atoms with Crippen molar-refractivity contribution in [2.45, 2.75) is 12.3 Å². The molecule has 27 heavy (non-hydrogen) atoms. The Kier molecular flexibility index (Phi) is 5.94. The van der Waals surface area contributed by atoms with Gasteiger partial charge in [-0.05, 0) is 41.8 Å². The Balaban J connectivity index is 1.89. The average molecular weight is 359 g/mol. The van der Waals surface area contributed by atoms with E-state index in [0.717, 1.165) is 11.1 Å². The molecule has 5 nitrogen and oxygen atoms in total. The Labute approximate surface area is 158 Å². The first-order chi connectivity index (χ1) is 13.2. The van der Waals surface area contributed by atoms with Gasteiger partial charge in [-0.15, -0.1) is 0 Å². The van der Waals surface area contributed by atoms with Crippen molar-refractivity contribution in [3.05, 3.63) is 95.8 Å². The van der Waals surface area contributed by atoms with Crippen LogP contribution in [0, 0.1) is 0 Å². The quantitative estimate of drug-likeness (QED) is 0.708. The number of amides is 2. The van der Waals surface area contributed by atoms with Crippen molar-refractivity contribution < 1.29 is 9.59 Å². The number of hydrogen-bond donors (Lipinski definition) is 2. The van der Waals surface area contributed by atoms with Gasteiger partial charge in [-0.1, -0.05) is 42.5 Å². The zero-order chi connectivity index (χ0) is 19.1. The molecule has 5 heteroatoms. The van der Waals surface area contributed by atoms with Crippen LogP contribution in [0.2, 0.25) is 0 Å².